The minimum atomic E-state index is -0.616. The first kappa shape index (κ1) is 14.5. The topological polar surface area (TPSA) is 77.6 Å². The number of aliphatic hydroxyl groups excluding tert-OH is 1. The van der Waals surface area contributed by atoms with Crippen LogP contribution < -0.4 is 9.47 Å². The zero-order valence-corrected chi connectivity index (χ0v) is 13.3. The van der Waals surface area contributed by atoms with Crippen molar-refractivity contribution in [3.8, 4) is 11.5 Å². The van der Waals surface area contributed by atoms with Gasteiger partial charge in [-0.05, 0) is 38.8 Å². The van der Waals surface area contributed by atoms with Crippen LogP contribution in [-0.4, -0.2) is 20.8 Å². The van der Waals surface area contributed by atoms with Gasteiger partial charge in [-0.2, -0.15) is 4.98 Å². The summed E-state index contributed by atoms with van der Waals surface area (Å²) in [6.45, 7) is 4.11. The first-order valence-electron chi connectivity index (χ1n) is 7.97. The molecule has 6 heteroatoms. The molecule has 1 atom stereocenters. The SMILES string of the molecule is CC1(C)CC(O)c2c(OCc3nc(C4CC4)no3)cccc2O1. The van der Waals surface area contributed by atoms with E-state index in [2.05, 4.69) is 10.1 Å². The van der Waals surface area contributed by atoms with Crippen molar-refractivity contribution in [1.82, 2.24) is 10.1 Å². The summed E-state index contributed by atoms with van der Waals surface area (Å²) in [5.41, 5.74) is 0.296. The molecule has 2 aliphatic rings. The van der Waals surface area contributed by atoms with E-state index in [1.54, 1.807) is 0 Å². The molecule has 1 saturated carbocycles. The summed E-state index contributed by atoms with van der Waals surface area (Å²) in [4.78, 5) is 4.34. The Kier molecular flexibility index (Phi) is 3.30. The lowest BCUT2D eigenvalue weighted by atomic mass is 9.91. The van der Waals surface area contributed by atoms with Crippen LogP contribution in [0.3, 0.4) is 0 Å². The molecule has 0 radical (unpaired) electrons. The monoisotopic (exact) mass is 316 g/mol. The lowest BCUT2D eigenvalue weighted by Gasteiger charge is -2.36. The molecule has 1 aromatic heterocycles. The summed E-state index contributed by atoms with van der Waals surface area (Å²) in [5, 5.41) is 14.4. The van der Waals surface area contributed by atoms with Crippen LogP contribution in [0.2, 0.25) is 0 Å². The minimum Gasteiger partial charge on any atom is -0.487 e. The average Bonchev–Trinajstić information content (AvgIpc) is 3.22. The van der Waals surface area contributed by atoms with Gasteiger partial charge >= 0.3 is 0 Å². The molecule has 23 heavy (non-hydrogen) atoms. The van der Waals surface area contributed by atoms with E-state index in [1.165, 1.54) is 0 Å². The molecule has 0 saturated heterocycles. The molecule has 0 spiro atoms. The molecule has 2 aromatic rings. The molecule has 1 unspecified atom stereocenters. The maximum absolute atomic E-state index is 10.4. The van der Waals surface area contributed by atoms with Gasteiger partial charge in [-0.15, -0.1) is 0 Å². The van der Waals surface area contributed by atoms with E-state index in [1.807, 2.05) is 32.0 Å². The number of fused-ring (bicyclic) bond motifs is 1. The Morgan fingerprint density at radius 1 is 1.35 bits per heavy atom. The molecule has 6 nitrogen and oxygen atoms in total. The summed E-state index contributed by atoms with van der Waals surface area (Å²) in [6.07, 6.45) is 2.17. The Morgan fingerprint density at radius 2 is 2.17 bits per heavy atom. The van der Waals surface area contributed by atoms with Crippen LogP contribution in [0, 0.1) is 0 Å². The fourth-order valence-electron chi connectivity index (χ4n) is 2.95. The normalized spacial score (nSPS) is 22.3. The molecule has 1 aromatic carbocycles. The number of ether oxygens (including phenoxy) is 2. The first-order chi connectivity index (χ1) is 11.0. The van der Waals surface area contributed by atoms with Crippen LogP contribution in [0.5, 0.6) is 11.5 Å². The van der Waals surface area contributed by atoms with Crippen LogP contribution >= 0.6 is 0 Å². The molecule has 1 fully saturated rings. The molecule has 122 valence electrons. The second-order valence-electron chi connectivity index (χ2n) is 6.86. The lowest BCUT2D eigenvalue weighted by Crippen LogP contribution is -2.35. The second-order valence-corrected chi connectivity index (χ2v) is 6.86. The quantitative estimate of drug-likeness (QED) is 0.934. The van der Waals surface area contributed by atoms with Gasteiger partial charge in [0, 0.05) is 12.3 Å². The van der Waals surface area contributed by atoms with Gasteiger partial charge in [-0.3, -0.25) is 0 Å². The lowest BCUT2D eigenvalue weighted by molar-refractivity contribution is 0.00931. The Labute approximate surface area is 134 Å². The fraction of sp³-hybridized carbons (Fsp3) is 0.529. The summed E-state index contributed by atoms with van der Waals surface area (Å²) in [5.74, 6) is 2.93. The van der Waals surface area contributed by atoms with Gasteiger partial charge in [0.1, 0.15) is 17.1 Å². The fourth-order valence-corrected chi connectivity index (χ4v) is 2.95. The van der Waals surface area contributed by atoms with Gasteiger partial charge in [-0.25, -0.2) is 0 Å². The van der Waals surface area contributed by atoms with Gasteiger partial charge in [0.15, 0.2) is 12.4 Å². The maximum atomic E-state index is 10.4. The molecule has 0 amide bonds. The molecule has 1 N–H and O–H groups in total. The molecular formula is C17H20N2O4. The summed E-state index contributed by atoms with van der Waals surface area (Å²) < 4.78 is 17.0. The van der Waals surface area contributed by atoms with Crippen LogP contribution in [-0.2, 0) is 6.61 Å². The number of hydrogen-bond acceptors (Lipinski definition) is 6. The minimum absolute atomic E-state index is 0.187. The third-order valence-electron chi connectivity index (χ3n) is 4.21. The highest BCUT2D eigenvalue weighted by Crippen LogP contribution is 2.44. The molecule has 4 rings (SSSR count). The van der Waals surface area contributed by atoms with E-state index in [9.17, 15) is 5.11 Å². The molecule has 1 aliphatic heterocycles. The Morgan fingerprint density at radius 3 is 2.96 bits per heavy atom. The number of rotatable bonds is 4. The van der Waals surface area contributed by atoms with Crippen molar-refractivity contribution < 1.29 is 19.1 Å². The number of nitrogens with zero attached hydrogens (tertiary/aromatic N) is 2. The van der Waals surface area contributed by atoms with Crippen molar-refractivity contribution in [2.75, 3.05) is 0 Å². The first-order valence-corrected chi connectivity index (χ1v) is 7.97. The van der Waals surface area contributed by atoms with Crippen molar-refractivity contribution in [2.24, 2.45) is 0 Å². The Hall–Kier alpha value is -2.08. The Bertz CT molecular complexity index is 721. The number of hydrogen-bond donors (Lipinski definition) is 1. The van der Waals surface area contributed by atoms with Gasteiger partial charge in [-0.1, -0.05) is 11.2 Å². The van der Waals surface area contributed by atoms with E-state index >= 15 is 0 Å². The van der Waals surface area contributed by atoms with E-state index in [0.29, 0.717) is 35.3 Å². The smallest absolute Gasteiger partial charge is 0.264 e. The standard InChI is InChI=1S/C17H20N2O4/c1-17(2)8-11(20)15-12(4-3-5-13(15)22-17)21-9-14-18-16(19-23-14)10-6-7-10/h3-5,10-11,20H,6-9H2,1-2H3. The summed E-state index contributed by atoms with van der Waals surface area (Å²) in [6, 6.07) is 5.53. The molecule has 0 bridgehead atoms. The van der Waals surface area contributed by atoms with Gasteiger partial charge < -0.3 is 19.1 Å². The van der Waals surface area contributed by atoms with Crippen molar-refractivity contribution in [2.45, 2.75) is 57.3 Å². The zero-order valence-electron chi connectivity index (χ0n) is 13.3. The summed E-state index contributed by atoms with van der Waals surface area (Å²) >= 11 is 0. The number of aliphatic hydroxyl groups is 1. The zero-order chi connectivity index (χ0) is 16.0. The number of benzene rings is 1. The van der Waals surface area contributed by atoms with Crippen molar-refractivity contribution in [3.63, 3.8) is 0 Å². The van der Waals surface area contributed by atoms with Crippen LogP contribution in [0.1, 0.15) is 62.4 Å². The van der Waals surface area contributed by atoms with Gasteiger partial charge in [0.2, 0.25) is 0 Å². The van der Waals surface area contributed by atoms with Gasteiger partial charge in [0.25, 0.3) is 5.89 Å². The molecule has 1 aliphatic carbocycles. The highest BCUT2D eigenvalue weighted by atomic mass is 16.5. The predicted molar refractivity (Wildman–Crippen MR) is 81.3 cm³/mol. The van der Waals surface area contributed by atoms with Crippen molar-refractivity contribution >= 4 is 0 Å². The predicted octanol–water partition coefficient (Wildman–Crippen LogP) is 3.12. The van der Waals surface area contributed by atoms with Crippen molar-refractivity contribution in [1.29, 1.82) is 0 Å². The highest BCUT2D eigenvalue weighted by Gasteiger charge is 2.35. The summed E-state index contributed by atoms with van der Waals surface area (Å²) in [7, 11) is 0. The van der Waals surface area contributed by atoms with E-state index in [-0.39, 0.29) is 6.61 Å². The molecular weight excluding hydrogens is 296 g/mol. The maximum Gasteiger partial charge on any atom is 0.264 e. The largest absolute Gasteiger partial charge is 0.487 e. The third kappa shape index (κ3) is 2.91. The molecule has 2 heterocycles. The Balaban J connectivity index is 1.53. The average molecular weight is 316 g/mol. The van der Waals surface area contributed by atoms with Crippen LogP contribution in [0.25, 0.3) is 0 Å². The second kappa shape index (κ2) is 5.23. The van der Waals surface area contributed by atoms with Gasteiger partial charge in [0.05, 0.1) is 11.7 Å². The van der Waals surface area contributed by atoms with Crippen LogP contribution in [0.15, 0.2) is 22.7 Å². The van der Waals surface area contributed by atoms with E-state index in [4.69, 9.17) is 14.0 Å². The van der Waals surface area contributed by atoms with Crippen molar-refractivity contribution in [3.05, 3.63) is 35.5 Å². The van der Waals surface area contributed by atoms with E-state index < -0.39 is 11.7 Å². The highest BCUT2D eigenvalue weighted by molar-refractivity contribution is 5.48. The number of aromatic nitrogens is 2. The van der Waals surface area contributed by atoms with Crippen LogP contribution in [0.4, 0.5) is 0 Å². The third-order valence-corrected chi connectivity index (χ3v) is 4.21. The van der Waals surface area contributed by atoms with E-state index in [0.717, 1.165) is 18.7 Å².